The standard InChI is InChI=1S/C23H19NO4S/c25-19-13-11-16(12-14-19)15-20(24-21(26)17-7-3-1-4-8-17)22(27)28-23(29)18-9-5-2-6-10-18/h1-14,20,25H,15H2,(H,24,26). The van der Waals surface area contributed by atoms with Crippen molar-refractivity contribution in [1.82, 2.24) is 5.32 Å². The van der Waals surface area contributed by atoms with Crippen molar-refractivity contribution in [3.63, 3.8) is 0 Å². The van der Waals surface area contributed by atoms with Gasteiger partial charge < -0.3 is 15.2 Å². The number of esters is 1. The Hall–Kier alpha value is -3.51. The lowest BCUT2D eigenvalue weighted by Gasteiger charge is -2.18. The molecule has 3 aromatic carbocycles. The molecule has 0 radical (unpaired) electrons. The molecule has 0 heterocycles. The summed E-state index contributed by atoms with van der Waals surface area (Å²) in [5.41, 5.74) is 1.79. The van der Waals surface area contributed by atoms with Crippen LogP contribution in [0.5, 0.6) is 5.75 Å². The number of rotatable bonds is 6. The molecule has 1 atom stereocenters. The van der Waals surface area contributed by atoms with Crippen LogP contribution >= 0.6 is 12.2 Å². The van der Waals surface area contributed by atoms with E-state index in [9.17, 15) is 14.7 Å². The van der Waals surface area contributed by atoms with Gasteiger partial charge in [-0.25, -0.2) is 4.79 Å². The van der Waals surface area contributed by atoms with Crippen molar-refractivity contribution in [2.75, 3.05) is 0 Å². The van der Waals surface area contributed by atoms with Gasteiger partial charge in [-0.1, -0.05) is 60.7 Å². The van der Waals surface area contributed by atoms with Gasteiger partial charge in [-0.2, -0.15) is 0 Å². The molecular formula is C23H19NO4S. The Bertz CT molecular complexity index is 988. The summed E-state index contributed by atoms with van der Waals surface area (Å²) in [6, 6.07) is 23.0. The second kappa shape index (κ2) is 9.61. The third-order valence-corrected chi connectivity index (χ3v) is 4.52. The number of phenols is 1. The lowest BCUT2D eigenvalue weighted by Crippen LogP contribution is -2.44. The number of hydrogen-bond acceptors (Lipinski definition) is 5. The van der Waals surface area contributed by atoms with Gasteiger partial charge in [0.15, 0.2) is 0 Å². The van der Waals surface area contributed by atoms with E-state index in [-0.39, 0.29) is 17.2 Å². The maximum absolute atomic E-state index is 12.8. The average molecular weight is 405 g/mol. The molecule has 5 nitrogen and oxygen atoms in total. The maximum atomic E-state index is 12.8. The van der Waals surface area contributed by atoms with E-state index in [1.165, 1.54) is 12.1 Å². The van der Waals surface area contributed by atoms with Crippen LogP contribution in [0.25, 0.3) is 0 Å². The summed E-state index contributed by atoms with van der Waals surface area (Å²) < 4.78 is 5.36. The zero-order chi connectivity index (χ0) is 20.6. The van der Waals surface area contributed by atoms with Gasteiger partial charge in [0.2, 0.25) is 5.05 Å². The highest BCUT2D eigenvalue weighted by atomic mass is 32.1. The second-order valence-corrected chi connectivity index (χ2v) is 6.71. The van der Waals surface area contributed by atoms with E-state index in [1.807, 2.05) is 6.07 Å². The van der Waals surface area contributed by atoms with Crippen LogP contribution in [-0.4, -0.2) is 28.1 Å². The van der Waals surface area contributed by atoms with Crippen LogP contribution in [0, 0.1) is 0 Å². The molecule has 0 aliphatic heterocycles. The van der Waals surface area contributed by atoms with Crippen molar-refractivity contribution in [1.29, 1.82) is 0 Å². The van der Waals surface area contributed by atoms with Crippen molar-refractivity contribution in [2.45, 2.75) is 12.5 Å². The van der Waals surface area contributed by atoms with Gasteiger partial charge in [0, 0.05) is 17.5 Å². The smallest absolute Gasteiger partial charge is 0.335 e. The van der Waals surface area contributed by atoms with E-state index in [2.05, 4.69) is 5.32 Å². The van der Waals surface area contributed by atoms with Crippen LogP contribution in [-0.2, 0) is 16.0 Å². The Labute approximate surface area is 174 Å². The van der Waals surface area contributed by atoms with Gasteiger partial charge in [-0.15, -0.1) is 0 Å². The van der Waals surface area contributed by atoms with Crippen LogP contribution in [0.3, 0.4) is 0 Å². The summed E-state index contributed by atoms with van der Waals surface area (Å²) in [4.78, 5) is 25.4. The van der Waals surface area contributed by atoms with Crippen molar-refractivity contribution in [3.8, 4) is 5.75 Å². The zero-order valence-electron chi connectivity index (χ0n) is 15.4. The molecule has 3 aromatic rings. The van der Waals surface area contributed by atoms with E-state index in [4.69, 9.17) is 17.0 Å². The first kappa shape index (κ1) is 20.2. The largest absolute Gasteiger partial charge is 0.508 e. The Balaban J connectivity index is 1.77. The lowest BCUT2D eigenvalue weighted by molar-refractivity contribution is -0.137. The molecule has 0 aliphatic rings. The molecule has 0 fully saturated rings. The summed E-state index contributed by atoms with van der Waals surface area (Å²) in [5.74, 6) is -0.931. The van der Waals surface area contributed by atoms with Crippen LogP contribution in [0.4, 0.5) is 0 Å². The van der Waals surface area contributed by atoms with E-state index >= 15 is 0 Å². The van der Waals surface area contributed by atoms with E-state index in [0.29, 0.717) is 11.1 Å². The van der Waals surface area contributed by atoms with Crippen LogP contribution in [0.1, 0.15) is 21.5 Å². The number of phenolic OH excluding ortho intramolecular Hbond substituents is 1. The normalized spacial score (nSPS) is 11.3. The molecule has 1 amide bonds. The predicted molar refractivity (Wildman–Crippen MR) is 114 cm³/mol. The summed E-state index contributed by atoms with van der Waals surface area (Å²) in [7, 11) is 0. The maximum Gasteiger partial charge on any atom is 0.335 e. The molecule has 29 heavy (non-hydrogen) atoms. The first-order valence-corrected chi connectivity index (χ1v) is 9.38. The number of ether oxygens (including phenoxy) is 1. The molecule has 0 spiro atoms. The number of benzene rings is 3. The first-order valence-electron chi connectivity index (χ1n) is 8.98. The highest BCUT2D eigenvalue weighted by Gasteiger charge is 2.25. The molecule has 0 aliphatic carbocycles. The highest BCUT2D eigenvalue weighted by Crippen LogP contribution is 2.13. The number of hydrogen-bond donors (Lipinski definition) is 2. The fourth-order valence-electron chi connectivity index (χ4n) is 2.69. The molecule has 6 heteroatoms. The van der Waals surface area contributed by atoms with Crippen molar-refractivity contribution in [3.05, 3.63) is 102 Å². The molecular weight excluding hydrogens is 386 g/mol. The van der Waals surface area contributed by atoms with Gasteiger partial charge >= 0.3 is 5.97 Å². The Morgan fingerprint density at radius 3 is 2.00 bits per heavy atom. The molecule has 0 aromatic heterocycles. The minimum absolute atomic E-state index is 0.0419. The fraction of sp³-hybridized carbons (Fsp3) is 0.0870. The molecule has 1 unspecified atom stereocenters. The minimum Gasteiger partial charge on any atom is -0.508 e. The highest BCUT2D eigenvalue weighted by molar-refractivity contribution is 7.80. The lowest BCUT2D eigenvalue weighted by atomic mass is 10.0. The molecule has 0 bridgehead atoms. The molecule has 146 valence electrons. The van der Waals surface area contributed by atoms with E-state index < -0.39 is 17.9 Å². The third kappa shape index (κ3) is 5.73. The van der Waals surface area contributed by atoms with E-state index in [0.717, 1.165) is 5.56 Å². The summed E-state index contributed by atoms with van der Waals surface area (Å²) in [6.45, 7) is 0. The van der Waals surface area contributed by atoms with Gasteiger partial charge in [-0.3, -0.25) is 4.79 Å². The van der Waals surface area contributed by atoms with Crippen molar-refractivity contribution < 1.29 is 19.4 Å². The number of carbonyl (C=O) groups excluding carboxylic acids is 2. The quantitative estimate of drug-likeness (QED) is 0.484. The summed E-state index contributed by atoms with van der Waals surface area (Å²) >= 11 is 5.22. The van der Waals surface area contributed by atoms with Crippen molar-refractivity contribution >= 4 is 29.1 Å². The third-order valence-electron chi connectivity index (χ3n) is 4.20. The van der Waals surface area contributed by atoms with Gasteiger partial charge in [0.25, 0.3) is 5.91 Å². The van der Waals surface area contributed by atoms with Crippen LogP contribution in [0.15, 0.2) is 84.9 Å². The zero-order valence-corrected chi connectivity index (χ0v) is 16.3. The Morgan fingerprint density at radius 2 is 1.41 bits per heavy atom. The van der Waals surface area contributed by atoms with Gasteiger partial charge in [-0.05, 0) is 42.0 Å². The summed E-state index contributed by atoms with van der Waals surface area (Å²) in [5, 5.41) is 12.2. The van der Waals surface area contributed by atoms with Gasteiger partial charge in [0.1, 0.15) is 11.8 Å². The predicted octanol–water partition coefficient (Wildman–Crippen LogP) is 3.65. The molecule has 2 N–H and O–H groups in total. The molecule has 0 saturated carbocycles. The van der Waals surface area contributed by atoms with Crippen LogP contribution < -0.4 is 5.32 Å². The number of nitrogens with one attached hydrogen (secondary N) is 1. The van der Waals surface area contributed by atoms with E-state index in [1.54, 1.807) is 66.7 Å². The number of carbonyl (C=O) groups is 2. The fourth-order valence-corrected chi connectivity index (χ4v) is 2.91. The average Bonchev–Trinajstić information content (AvgIpc) is 2.76. The molecule has 3 rings (SSSR count). The molecule has 0 saturated heterocycles. The topological polar surface area (TPSA) is 75.6 Å². The minimum atomic E-state index is -0.950. The van der Waals surface area contributed by atoms with Crippen LogP contribution in [0.2, 0.25) is 0 Å². The Kier molecular flexibility index (Phi) is 6.71. The SMILES string of the molecule is O=C(NC(Cc1ccc(O)cc1)C(=O)OC(=S)c1ccccc1)c1ccccc1. The number of thiocarbonyl (C=S) groups is 1. The van der Waals surface area contributed by atoms with Crippen molar-refractivity contribution in [2.24, 2.45) is 0 Å². The number of amides is 1. The first-order chi connectivity index (χ1) is 14.0. The van der Waals surface area contributed by atoms with Gasteiger partial charge in [0.05, 0.1) is 0 Å². The number of aromatic hydroxyl groups is 1. The Morgan fingerprint density at radius 1 is 0.862 bits per heavy atom. The second-order valence-electron chi connectivity index (χ2n) is 6.34. The summed E-state index contributed by atoms with van der Waals surface area (Å²) in [6.07, 6.45) is 0.190. The monoisotopic (exact) mass is 405 g/mol.